The first-order valence-electron chi connectivity index (χ1n) is 7.78. The first-order chi connectivity index (χ1) is 10.7. The van der Waals surface area contributed by atoms with Crippen LogP contribution in [0, 0.1) is 11.8 Å². The van der Waals surface area contributed by atoms with Crippen LogP contribution in [-0.2, 0) is 15.2 Å². The molecular weight excluding hydrogens is 296 g/mol. The highest BCUT2D eigenvalue weighted by molar-refractivity contribution is 6.31. The lowest BCUT2D eigenvalue weighted by Crippen LogP contribution is -2.66. The molecule has 0 bridgehead atoms. The lowest BCUT2D eigenvalue weighted by atomic mass is 9.59. The average Bonchev–Trinajstić information content (AvgIpc) is 2.55. The van der Waals surface area contributed by atoms with Gasteiger partial charge in [-0.2, -0.15) is 0 Å². The topological polar surface area (TPSA) is 91.7 Å². The molecule has 0 aliphatic heterocycles. The molecule has 1 aromatic carbocycles. The van der Waals surface area contributed by atoms with Crippen molar-refractivity contribution in [2.75, 3.05) is 0 Å². The van der Waals surface area contributed by atoms with Crippen molar-refractivity contribution in [2.45, 2.75) is 44.8 Å². The molecule has 1 aliphatic rings. The van der Waals surface area contributed by atoms with E-state index in [1.54, 1.807) is 18.2 Å². The van der Waals surface area contributed by atoms with Gasteiger partial charge in [0.05, 0.1) is 5.92 Å². The summed E-state index contributed by atoms with van der Waals surface area (Å²) in [5, 5.41) is 22.3. The van der Waals surface area contributed by atoms with Crippen molar-refractivity contribution in [3.05, 3.63) is 35.4 Å². The number of aliphatic hydroxyl groups is 2. The van der Waals surface area contributed by atoms with E-state index >= 15 is 0 Å². The summed E-state index contributed by atoms with van der Waals surface area (Å²) in [5.74, 6) is -2.60. The fourth-order valence-electron chi connectivity index (χ4n) is 3.37. The Hall–Kier alpha value is -1.85. The maximum Gasteiger partial charge on any atom is 0.230 e. The molecule has 0 heterocycles. The number of ketones is 2. The van der Waals surface area contributed by atoms with Crippen LogP contribution in [0.5, 0.6) is 0 Å². The molecule has 1 aromatic rings. The van der Waals surface area contributed by atoms with Gasteiger partial charge in [-0.3, -0.25) is 14.4 Å². The molecule has 1 aliphatic carbocycles. The fraction of sp³-hybridized carbons (Fsp3) is 0.500. The molecule has 5 nitrogen and oxygen atoms in total. The van der Waals surface area contributed by atoms with Gasteiger partial charge in [0.2, 0.25) is 5.78 Å². The molecule has 0 amide bonds. The van der Waals surface area contributed by atoms with Gasteiger partial charge in [0, 0.05) is 5.56 Å². The van der Waals surface area contributed by atoms with E-state index < -0.39 is 28.7 Å². The lowest BCUT2D eigenvalue weighted by Gasteiger charge is -2.49. The first-order valence-corrected chi connectivity index (χ1v) is 7.78. The van der Waals surface area contributed by atoms with E-state index in [1.165, 1.54) is 13.0 Å². The largest absolute Gasteiger partial charge is 0.382 e. The van der Waals surface area contributed by atoms with Crippen molar-refractivity contribution < 1.29 is 24.6 Å². The summed E-state index contributed by atoms with van der Waals surface area (Å²) in [6, 6.07) is 6.40. The van der Waals surface area contributed by atoms with E-state index in [1.807, 2.05) is 13.8 Å². The quantitative estimate of drug-likeness (QED) is 0.636. The van der Waals surface area contributed by atoms with E-state index in [-0.39, 0.29) is 29.8 Å². The predicted octanol–water partition coefficient (Wildman–Crippen LogP) is 1.64. The van der Waals surface area contributed by atoms with Crippen LogP contribution in [0.25, 0.3) is 0 Å². The zero-order chi connectivity index (χ0) is 17.4. The molecule has 0 saturated heterocycles. The van der Waals surface area contributed by atoms with Crippen LogP contribution in [0.4, 0.5) is 0 Å². The van der Waals surface area contributed by atoms with Gasteiger partial charge in [0.25, 0.3) is 0 Å². The lowest BCUT2D eigenvalue weighted by molar-refractivity contribution is -0.192. The van der Waals surface area contributed by atoms with Crippen LogP contribution in [0.15, 0.2) is 24.3 Å². The summed E-state index contributed by atoms with van der Waals surface area (Å²) in [4.78, 5) is 35.8. The van der Waals surface area contributed by atoms with Crippen LogP contribution < -0.4 is 0 Å². The van der Waals surface area contributed by atoms with E-state index in [0.717, 1.165) is 0 Å². The minimum Gasteiger partial charge on any atom is -0.382 e. The summed E-state index contributed by atoms with van der Waals surface area (Å²) in [7, 11) is 0. The van der Waals surface area contributed by atoms with Gasteiger partial charge in [0.1, 0.15) is 5.60 Å². The van der Waals surface area contributed by atoms with Gasteiger partial charge in [-0.05, 0) is 24.3 Å². The third-order valence-electron chi connectivity index (χ3n) is 4.85. The number of hydrogen-bond acceptors (Lipinski definition) is 5. The minimum absolute atomic E-state index is 0.0158. The Labute approximate surface area is 135 Å². The van der Waals surface area contributed by atoms with Crippen molar-refractivity contribution in [3.8, 4) is 0 Å². The first kappa shape index (κ1) is 17.5. The molecule has 2 N–H and O–H groups in total. The number of aldehydes is 1. The highest BCUT2D eigenvalue weighted by Crippen LogP contribution is 2.48. The van der Waals surface area contributed by atoms with E-state index in [0.29, 0.717) is 6.42 Å². The highest BCUT2D eigenvalue weighted by Gasteiger charge is 2.63. The molecule has 0 saturated carbocycles. The van der Waals surface area contributed by atoms with Crippen molar-refractivity contribution in [1.82, 2.24) is 0 Å². The second-order valence-electron chi connectivity index (χ2n) is 6.67. The fourth-order valence-corrected chi connectivity index (χ4v) is 3.37. The van der Waals surface area contributed by atoms with Gasteiger partial charge in [-0.15, -0.1) is 0 Å². The molecule has 2 rings (SSSR count). The normalized spacial score (nSPS) is 30.2. The molecule has 5 heteroatoms. The highest BCUT2D eigenvalue weighted by atomic mass is 16.4. The third-order valence-corrected chi connectivity index (χ3v) is 4.85. The summed E-state index contributed by atoms with van der Waals surface area (Å²) in [5.41, 5.74) is -3.93. The van der Waals surface area contributed by atoms with E-state index in [9.17, 15) is 24.6 Å². The SMILES string of the molecule is CC(C)CC[C@@]1(O)c2ccccc2C(=O)[C@H](C)[C@]1(O)C(=O)C=O. The van der Waals surface area contributed by atoms with Crippen molar-refractivity contribution >= 4 is 17.9 Å². The van der Waals surface area contributed by atoms with Gasteiger partial charge in [-0.1, -0.05) is 45.0 Å². The predicted molar refractivity (Wildman–Crippen MR) is 83.9 cm³/mol. The molecule has 0 spiro atoms. The van der Waals surface area contributed by atoms with Gasteiger partial charge < -0.3 is 10.2 Å². The van der Waals surface area contributed by atoms with E-state index in [2.05, 4.69) is 0 Å². The van der Waals surface area contributed by atoms with Gasteiger partial charge >= 0.3 is 0 Å². The Morgan fingerprint density at radius 3 is 2.48 bits per heavy atom. The number of Topliss-reactive ketones (excluding diaryl/α,β-unsaturated/α-hetero) is 2. The Kier molecular flexibility index (Phi) is 4.55. The number of benzene rings is 1. The molecule has 23 heavy (non-hydrogen) atoms. The molecular formula is C18H22O5. The van der Waals surface area contributed by atoms with Crippen LogP contribution in [0.2, 0.25) is 0 Å². The maximum absolute atomic E-state index is 12.5. The standard InChI is InChI=1S/C18H22O5/c1-11(2)8-9-17(22)14-7-5-4-6-13(14)16(21)12(3)18(17,23)15(20)10-19/h4-7,10-12,22-23H,8-9H2,1-3H3/t12-,17+,18-/m0/s1. The summed E-state index contributed by atoms with van der Waals surface area (Å²) >= 11 is 0. The van der Waals surface area contributed by atoms with Gasteiger partial charge in [-0.25, -0.2) is 0 Å². The molecule has 0 aromatic heterocycles. The molecule has 0 radical (unpaired) electrons. The number of hydrogen-bond donors (Lipinski definition) is 2. The summed E-state index contributed by atoms with van der Waals surface area (Å²) in [6.45, 7) is 5.28. The smallest absolute Gasteiger partial charge is 0.230 e. The summed E-state index contributed by atoms with van der Waals surface area (Å²) in [6.07, 6.45) is 0.591. The average molecular weight is 318 g/mol. The number of carbonyl (C=O) groups excluding carboxylic acids is 3. The zero-order valence-electron chi connectivity index (χ0n) is 13.6. The number of fused-ring (bicyclic) bond motifs is 1. The monoisotopic (exact) mass is 318 g/mol. The van der Waals surface area contributed by atoms with Crippen LogP contribution >= 0.6 is 0 Å². The Balaban J connectivity index is 2.72. The van der Waals surface area contributed by atoms with Gasteiger partial charge in [0.15, 0.2) is 17.7 Å². The van der Waals surface area contributed by atoms with E-state index in [4.69, 9.17) is 0 Å². The van der Waals surface area contributed by atoms with Crippen molar-refractivity contribution in [1.29, 1.82) is 0 Å². The van der Waals surface area contributed by atoms with Crippen molar-refractivity contribution in [3.63, 3.8) is 0 Å². The minimum atomic E-state index is -2.45. The maximum atomic E-state index is 12.5. The van der Waals surface area contributed by atoms with Crippen LogP contribution in [0.1, 0.15) is 49.5 Å². The second kappa shape index (κ2) is 5.98. The Morgan fingerprint density at radius 2 is 1.91 bits per heavy atom. The van der Waals surface area contributed by atoms with Crippen LogP contribution in [0.3, 0.4) is 0 Å². The number of rotatable bonds is 5. The van der Waals surface area contributed by atoms with Crippen molar-refractivity contribution in [2.24, 2.45) is 11.8 Å². The Morgan fingerprint density at radius 1 is 1.30 bits per heavy atom. The molecule has 0 unspecified atom stereocenters. The second-order valence-corrected chi connectivity index (χ2v) is 6.67. The zero-order valence-corrected chi connectivity index (χ0v) is 13.6. The van der Waals surface area contributed by atoms with Crippen LogP contribution in [-0.4, -0.2) is 33.7 Å². The third kappa shape index (κ3) is 2.44. The molecule has 3 atom stereocenters. The number of carbonyl (C=O) groups is 3. The molecule has 124 valence electrons. The molecule has 0 fully saturated rings. The Bertz CT molecular complexity index is 651. The summed E-state index contributed by atoms with van der Waals surface area (Å²) < 4.78 is 0.